The molecule has 6 nitrogen and oxygen atoms in total. The van der Waals surface area contributed by atoms with Crippen LogP contribution in [0.4, 0.5) is 34.1 Å². The van der Waals surface area contributed by atoms with Crippen LogP contribution in [0.25, 0.3) is 0 Å². The first-order valence-corrected chi connectivity index (χ1v) is 11.4. The highest BCUT2D eigenvalue weighted by Gasteiger charge is 2.34. The van der Waals surface area contributed by atoms with Gasteiger partial charge in [-0.2, -0.15) is 0 Å². The zero-order valence-electron chi connectivity index (χ0n) is 19.8. The van der Waals surface area contributed by atoms with Gasteiger partial charge in [0.2, 0.25) is 0 Å². The average molecular weight is 463 g/mol. The Morgan fingerprint density at radius 3 is 1.43 bits per heavy atom. The number of benzene rings is 4. The summed E-state index contributed by atoms with van der Waals surface area (Å²) in [6.07, 6.45) is 0. The van der Waals surface area contributed by atoms with E-state index >= 15 is 0 Å². The smallest absolute Gasteiger partial charge is 0.196 e. The first kappa shape index (κ1) is 22.2. The van der Waals surface area contributed by atoms with E-state index in [1.807, 2.05) is 86.7 Å². The zero-order chi connectivity index (χ0) is 24.5. The van der Waals surface area contributed by atoms with Crippen molar-refractivity contribution in [1.82, 2.24) is 0 Å². The van der Waals surface area contributed by atoms with E-state index in [1.165, 1.54) is 0 Å². The normalized spacial score (nSPS) is 12.0. The van der Waals surface area contributed by atoms with Gasteiger partial charge >= 0.3 is 0 Å². The van der Waals surface area contributed by atoms with Crippen LogP contribution >= 0.6 is 0 Å². The summed E-state index contributed by atoms with van der Waals surface area (Å²) >= 11 is 0. The number of carbonyl (C=O) groups is 2. The largest absolute Gasteiger partial charge is 0.388 e. The predicted molar refractivity (Wildman–Crippen MR) is 143 cm³/mol. The molecule has 0 fully saturated rings. The fourth-order valence-electron chi connectivity index (χ4n) is 4.31. The fourth-order valence-corrected chi connectivity index (χ4v) is 4.31. The molecule has 0 spiro atoms. The van der Waals surface area contributed by atoms with Crippen LogP contribution in [-0.2, 0) is 0 Å². The first-order valence-electron chi connectivity index (χ1n) is 11.4. The minimum absolute atomic E-state index is 0.170. The lowest BCUT2D eigenvalue weighted by Gasteiger charge is -2.24. The van der Waals surface area contributed by atoms with E-state index < -0.39 is 0 Å². The van der Waals surface area contributed by atoms with Gasteiger partial charge in [-0.1, -0.05) is 24.3 Å². The molecule has 0 aliphatic heterocycles. The number of anilines is 6. The van der Waals surface area contributed by atoms with Crippen molar-refractivity contribution in [2.75, 3.05) is 42.0 Å². The molecule has 0 saturated heterocycles. The summed E-state index contributed by atoms with van der Waals surface area (Å²) in [4.78, 5) is 29.3. The van der Waals surface area contributed by atoms with Gasteiger partial charge in [-0.15, -0.1) is 0 Å². The van der Waals surface area contributed by atoms with Gasteiger partial charge in [0, 0.05) is 55.0 Å². The Labute approximate surface area is 204 Å². The molecule has 0 heterocycles. The van der Waals surface area contributed by atoms with E-state index in [1.54, 1.807) is 24.3 Å². The van der Waals surface area contributed by atoms with Crippen molar-refractivity contribution >= 4 is 45.7 Å². The molecule has 174 valence electrons. The predicted octanol–water partition coefficient (Wildman–Crippen LogP) is 6.06. The van der Waals surface area contributed by atoms with Crippen LogP contribution in [0.2, 0.25) is 0 Å². The third kappa shape index (κ3) is 4.10. The highest BCUT2D eigenvalue weighted by Crippen LogP contribution is 2.38. The van der Waals surface area contributed by atoms with Crippen LogP contribution in [-0.4, -0.2) is 32.7 Å². The molecule has 0 unspecified atom stereocenters. The Morgan fingerprint density at radius 1 is 0.571 bits per heavy atom. The standard InChI is InChI=1S/C29H26N4O2/c1-30-18-8-10-19(11-9-18)31-24-16-17-25(32-20-12-14-21(15-13-20)33(2)3)27-26(24)28(34)22-6-4-5-7-23(22)29(27)35/h4-17,30-32H,1-3H3. The molecular weight excluding hydrogens is 436 g/mol. The van der Waals surface area contributed by atoms with Crippen molar-refractivity contribution in [3.8, 4) is 0 Å². The molecule has 1 aliphatic rings. The van der Waals surface area contributed by atoms with Crippen LogP contribution in [0.3, 0.4) is 0 Å². The van der Waals surface area contributed by atoms with Gasteiger partial charge in [0.15, 0.2) is 11.6 Å². The van der Waals surface area contributed by atoms with Gasteiger partial charge in [-0.25, -0.2) is 0 Å². The lowest BCUT2D eigenvalue weighted by molar-refractivity contribution is 0.0980. The monoisotopic (exact) mass is 462 g/mol. The third-order valence-corrected chi connectivity index (χ3v) is 6.19. The quantitative estimate of drug-likeness (QED) is 0.285. The van der Waals surface area contributed by atoms with Crippen LogP contribution in [0.1, 0.15) is 31.8 Å². The number of carbonyl (C=O) groups excluding carboxylic acids is 2. The van der Waals surface area contributed by atoms with Crippen molar-refractivity contribution in [3.05, 3.63) is 107 Å². The Kier molecular flexibility index (Phi) is 5.71. The lowest BCUT2D eigenvalue weighted by Crippen LogP contribution is -2.23. The maximum Gasteiger partial charge on any atom is 0.196 e. The second-order valence-corrected chi connectivity index (χ2v) is 8.63. The second-order valence-electron chi connectivity index (χ2n) is 8.63. The molecule has 0 atom stereocenters. The van der Waals surface area contributed by atoms with Crippen molar-refractivity contribution in [2.45, 2.75) is 0 Å². The maximum absolute atomic E-state index is 13.7. The topological polar surface area (TPSA) is 73.5 Å². The Morgan fingerprint density at radius 2 is 1.00 bits per heavy atom. The average Bonchev–Trinajstić information content (AvgIpc) is 2.88. The SMILES string of the molecule is CNc1ccc(Nc2ccc(Nc3ccc(N(C)C)cc3)c3c2C(=O)c2ccccc2C3=O)cc1. The van der Waals surface area contributed by atoms with E-state index in [0.717, 1.165) is 22.7 Å². The molecule has 3 N–H and O–H groups in total. The highest BCUT2D eigenvalue weighted by atomic mass is 16.1. The summed E-state index contributed by atoms with van der Waals surface area (Å²) in [5, 5.41) is 9.80. The number of nitrogens with zero attached hydrogens (tertiary/aromatic N) is 1. The van der Waals surface area contributed by atoms with Crippen LogP contribution in [0, 0.1) is 0 Å². The summed E-state index contributed by atoms with van der Waals surface area (Å²) in [7, 11) is 5.83. The zero-order valence-corrected chi connectivity index (χ0v) is 19.8. The van der Waals surface area contributed by atoms with Crippen LogP contribution in [0.15, 0.2) is 84.9 Å². The van der Waals surface area contributed by atoms with E-state index in [0.29, 0.717) is 33.6 Å². The summed E-state index contributed by atoms with van der Waals surface area (Å²) in [6, 6.07) is 26.4. The molecule has 0 amide bonds. The number of nitrogens with one attached hydrogen (secondary N) is 3. The number of rotatable bonds is 6. The van der Waals surface area contributed by atoms with Crippen molar-refractivity contribution in [3.63, 3.8) is 0 Å². The Bertz CT molecular complexity index is 1420. The first-order chi connectivity index (χ1) is 17.0. The lowest BCUT2D eigenvalue weighted by atomic mass is 9.82. The fraction of sp³-hybridized carbons (Fsp3) is 0.103. The summed E-state index contributed by atoms with van der Waals surface area (Å²) in [6.45, 7) is 0. The van der Waals surface area contributed by atoms with Crippen LogP contribution < -0.4 is 20.9 Å². The molecule has 0 aromatic heterocycles. The summed E-state index contributed by atoms with van der Waals surface area (Å²) in [5.74, 6) is -0.340. The minimum atomic E-state index is -0.170. The van der Waals surface area contributed by atoms with E-state index in [-0.39, 0.29) is 11.6 Å². The molecule has 0 saturated carbocycles. The molecule has 35 heavy (non-hydrogen) atoms. The molecule has 0 bridgehead atoms. The number of hydrogen-bond acceptors (Lipinski definition) is 6. The molecule has 5 rings (SSSR count). The van der Waals surface area contributed by atoms with Crippen molar-refractivity contribution < 1.29 is 9.59 Å². The van der Waals surface area contributed by atoms with Gasteiger partial charge < -0.3 is 20.9 Å². The molecule has 0 radical (unpaired) electrons. The van der Waals surface area contributed by atoms with Crippen molar-refractivity contribution in [1.29, 1.82) is 0 Å². The third-order valence-electron chi connectivity index (χ3n) is 6.19. The Balaban J connectivity index is 1.60. The van der Waals surface area contributed by atoms with Gasteiger partial charge in [0.25, 0.3) is 0 Å². The number of fused-ring (bicyclic) bond motifs is 2. The van der Waals surface area contributed by atoms with E-state index in [4.69, 9.17) is 0 Å². The number of hydrogen-bond donors (Lipinski definition) is 3. The maximum atomic E-state index is 13.7. The van der Waals surface area contributed by atoms with Gasteiger partial charge in [0.1, 0.15) is 0 Å². The molecule has 4 aromatic carbocycles. The molecular formula is C29H26N4O2. The van der Waals surface area contributed by atoms with E-state index in [2.05, 4.69) is 16.0 Å². The van der Waals surface area contributed by atoms with Gasteiger partial charge in [0.05, 0.1) is 22.5 Å². The second kappa shape index (κ2) is 8.99. The molecule has 1 aliphatic carbocycles. The Hall–Kier alpha value is -4.58. The summed E-state index contributed by atoms with van der Waals surface area (Å²) < 4.78 is 0. The molecule has 6 heteroatoms. The minimum Gasteiger partial charge on any atom is -0.388 e. The highest BCUT2D eigenvalue weighted by molar-refractivity contribution is 6.32. The van der Waals surface area contributed by atoms with Gasteiger partial charge in [-0.3, -0.25) is 9.59 Å². The molecule has 4 aromatic rings. The van der Waals surface area contributed by atoms with Crippen LogP contribution in [0.5, 0.6) is 0 Å². The number of ketones is 2. The van der Waals surface area contributed by atoms with Crippen molar-refractivity contribution in [2.24, 2.45) is 0 Å². The van der Waals surface area contributed by atoms with Gasteiger partial charge in [-0.05, 0) is 60.7 Å². The van der Waals surface area contributed by atoms with E-state index in [9.17, 15) is 9.59 Å². The summed E-state index contributed by atoms with van der Waals surface area (Å²) in [5.41, 5.74) is 6.51.